The van der Waals surface area contributed by atoms with Gasteiger partial charge < -0.3 is 0 Å². The Bertz CT molecular complexity index is 636. The molecule has 2 nitrogen and oxygen atoms in total. The van der Waals surface area contributed by atoms with Crippen LogP contribution in [0.1, 0.15) is 24.3 Å². The summed E-state index contributed by atoms with van der Waals surface area (Å²) in [6, 6.07) is 8.20. The van der Waals surface area contributed by atoms with Gasteiger partial charge in [0.2, 0.25) is 0 Å². The Labute approximate surface area is 106 Å². The van der Waals surface area contributed by atoms with E-state index < -0.39 is 9.84 Å². The highest BCUT2D eigenvalue weighted by Crippen LogP contribution is 2.28. The van der Waals surface area contributed by atoms with Crippen molar-refractivity contribution in [1.82, 2.24) is 0 Å². The van der Waals surface area contributed by atoms with Gasteiger partial charge in [-0.05, 0) is 38.3 Å². The van der Waals surface area contributed by atoms with Crippen LogP contribution in [0.5, 0.6) is 0 Å². The normalized spacial score (nSPS) is 12.5. The van der Waals surface area contributed by atoms with Crippen molar-refractivity contribution in [3.8, 4) is 0 Å². The standard InChI is InChI=1S/C13H16O2S2/c1-9(2)17(14,15)8-12-7-11-6-10(3)4-5-13(11)16-12/h4-7,9H,8H2,1-3H3. The minimum atomic E-state index is -3.00. The molecule has 17 heavy (non-hydrogen) atoms. The predicted molar refractivity (Wildman–Crippen MR) is 74.3 cm³/mol. The van der Waals surface area contributed by atoms with Crippen LogP contribution in [0.2, 0.25) is 0 Å². The minimum absolute atomic E-state index is 0.156. The first kappa shape index (κ1) is 12.6. The maximum absolute atomic E-state index is 11.9. The van der Waals surface area contributed by atoms with Gasteiger partial charge in [-0.15, -0.1) is 11.3 Å². The first-order chi connectivity index (χ1) is 7.88. The van der Waals surface area contributed by atoms with E-state index in [-0.39, 0.29) is 11.0 Å². The minimum Gasteiger partial charge on any atom is -0.228 e. The summed E-state index contributed by atoms with van der Waals surface area (Å²) < 4.78 is 24.9. The van der Waals surface area contributed by atoms with Gasteiger partial charge in [-0.1, -0.05) is 17.7 Å². The van der Waals surface area contributed by atoms with Crippen molar-refractivity contribution in [3.63, 3.8) is 0 Å². The molecule has 1 aromatic carbocycles. The fourth-order valence-corrected chi connectivity index (χ4v) is 4.04. The van der Waals surface area contributed by atoms with Crippen LogP contribution in [-0.2, 0) is 15.6 Å². The van der Waals surface area contributed by atoms with E-state index >= 15 is 0 Å². The highest BCUT2D eigenvalue weighted by molar-refractivity contribution is 7.91. The molecule has 0 fully saturated rings. The third-order valence-corrected chi connectivity index (χ3v) is 6.23. The summed E-state index contributed by atoms with van der Waals surface area (Å²) in [5.74, 6) is 0.156. The topological polar surface area (TPSA) is 34.1 Å². The lowest BCUT2D eigenvalue weighted by atomic mass is 10.2. The molecule has 0 saturated heterocycles. The van der Waals surface area contributed by atoms with Crippen molar-refractivity contribution < 1.29 is 8.42 Å². The molecule has 0 saturated carbocycles. The molecule has 0 aliphatic rings. The van der Waals surface area contributed by atoms with Crippen molar-refractivity contribution >= 4 is 31.3 Å². The van der Waals surface area contributed by atoms with Crippen LogP contribution in [0.15, 0.2) is 24.3 Å². The number of fused-ring (bicyclic) bond motifs is 1. The molecule has 1 aromatic heterocycles. The fourth-order valence-electron chi connectivity index (χ4n) is 1.65. The van der Waals surface area contributed by atoms with Crippen LogP contribution in [0.25, 0.3) is 10.1 Å². The highest BCUT2D eigenvalue weighted by atomic mass is 32.2. The van der Waals surface area contributed by atoms with Crippen molar-refractivity contribution in [2.75, 3.05) is 0 Å². The molecule has 2 aromatic rings. The maximum atomic E-state index is 11.9. The van der Waals surface area contributed by atoms with Gasteiger partial charge in [-0.3, -0.25) is 0 Å². The Balaban J connectivity index is 2.38. The van der Waals surface area contributed by atoms with E-state index in [2.05, 4.69) is 18.2 Å². The van der Waals surface area contributed by atoms with Crippen LogP contribution in [0, 0.1) is 6.92 Å². The van der Waals surface area contributed by atoms with Gasteiger partial charge in [0.25, 0.3) is 0 Å². The van der Waals surface area contributed by atoms with E-state index in [1.165, 1.54) is 5.56 Å². The molecule has 92 valence electrons. The van der Waals surface area contributed by atoms with E-state index in [0.29, 0.717) is 0 Å². The fraction of sp³-hybridized carbons (Fsp3) is 0.385. The van der Waals surface area contributed by atoms with Gasteiger partial charge in [0.1, 0.15) is 0 Å². The molecule has 4 heteroatoms. The molecule has 0 aliphatic heterocycles. The first-order valence-electron chi connectivity index (χ1n) is 5.59. The predicted octanol–water partition coefficient (Wildman–Crippen LogP) is 3.53. The zero-order valence-electron chi connectivity index (χ0n) is 10.2. The van der Waals surface area contributed by atoms with E-state index in [0.717, 1.165) is 15.0 Å². The average Bonchev–Trinajstić information content (AvgIpc) is 2.57. The summed E-state index contributed by atoms with van der Waals surface area (Å²) in [7, 11) is -3.00. The molecule has 0 N–H and O–H groups in total. The van der Waals surface area contributed by atoms with Gasteiger partial charge in [0.05, 0.1) is 11.0 Å². The Morgan fingerprint density at radius 3 is 2.59 bits per heavy atom. The SMILES string of the molecule is Cc1ccc2sc(CS(=O)(=O)C(C)C)cc2c1. The summed E-state index contributed by atoms with van der Waals surface area (Å²) in [6.07, 6.45) is 0. The van der Waals surface area contributed by atoms with Crippen molar-refractivity contribution in [1.29, 1.82) is 0 Å². The Morgan fingerprint density at radius 2 is 1.94 bits per heavy atom. The number of rotatable bonds is 3. The summed E-state index contributed by atoms with van der Waals surface area (Å²) in [5.41, 5.74) is 1.20. The molecule has 2 rings (SSSR count). The molecule has 1 heterocycles. The van der Waals surface area contributed by atoms with E-state index in [1.54, 1.807) is 25.2 Å². The van der Waals surface area contributed by atoms with Gasteiger partial charge in [-0.25, -0.2) is 8.42 Å². The van der Waals surface area contributed by atoms with Crippen LogP contribution >= 0.6 is 11.3 Å². The van der Waals surface area contributed by atoms with Crippen LogP contribution in [-0.4, -0.2) is 13.7 Å². The number of aryl methyl sites for hydroxylation is 1. The second-order valence-corrected chi connectivity index (χ2v) is 8.34. The van der Waals surface area contributed by atoms with Crippen molar-refractivity contribution in [2.45, 2.75) is 31.8 Å². The van der Waals surface area contributed by atoms with Gasteiger partial charge in [0, 0.05) is 9.58 Å². The Morgan fingerprint density at radius 1 is 1.24 bits per heavy atom. The molecule has 0 radical (unpaired) electrons. The quantitative estimate of drug-likeness (QED) is 0.853. The summed E-state index contributed by atoms with van der Waals surface area (Å²) >= 11 is 1.57. The Hall–Kier alpha value is -0.870. The third kappa shape index (κ3) is 2.69. The second kappa shape index (κ2) is 4.42. The number of thiophene rings is 1. The largest absolute Gasteiger partial charge is 0.228 e. The number of hydrogen-bond acceptors (Lipinski definition) is 3. The van der Waals surface area contributed by atoms with Gasteiger partial charge >= 0.3 is 0 Å². The summed E-state index contributed by atoms with van der Waals surface area (Å²) in [5, 5.41) is 0.832. The van der Waals surface area contributed by atoms with E-state index in [9.17, 15) is 8.42 Å². The van der Waals surface area contributed by atoms with Crippen molar-refractivity contribution in [3.05, 3.63) is 34.7 Å². The second-order valence-electron chi connectivity index (χ2n) is 4.61. The van der Waals surface area contributed by atoms with Crippen molar-refractivity contribution in [2.24, 2.45) is 0 Å². The van der Waals surface area contributed by atoms with Gasteiger partial charge in [-0.2, -0.15) is 0 Å². The zero-order valence-corrected chi connectivity index (χ0v) is 11.9. The molecule has 0 bridgehead atoms. The molecular formula is C13H16O2S2. The monoisotopic (exact) mass is 268 g/mol. The molecule has 0 unspecified atom stereocenters. The first-order valence-corrected chi connectivity index (χ1v) is 8.12. The lowest BCUT2D eigenvalue weighted by molar-refractivity contribution is 0.587. The number of sulfone groups is 1. The summed E-state index contributed by atoms with van der Waals surface area (Å²) in [6.45, 7) is 5.50. The maximum Gasteiger partial charge on any atom is 0.157 e. The molecule has 0 spiro atoms. The summed E-state index contributed by atoms with van der Waals surface area (Å²) in [4.78, 5) is 0.930. The highest BCUT2D eigenvalue weighted by Gasteiger charge is 2.18. The lowest BCUT2D eigenvalue weighted by Crippen LogP contribution is -2.15. The van der Waals surface area contributed by atoms with Crippen LogP contribution in [0.4, 0.5) is 0 Å². The van der Waals surface area contributed by atoms with E-state index in [1.807, 2.05) is 13.0 Å². The number of hydrogen-bond donors (Lipinski definition) is 0. The zero-order chi connectivity index (χ0) is 12.6. The Kier molecular flexibility index (Phi) is 3.27. The van der Waals surface area contributed by atoms with E-state index in [4.69, 9.17) is 0 Å². The molecule has 0 atom stereocenters. The van der Waals surface area contributed by atoms with Crippen LogP contribution in [0.3, 0.4) is 0 Å². The third-order valence-electron chi connectivity index (χ3n) is 2.78. The van der Waals surface area contributed by atoms with Gasteiger partial charge in [0.15, 0.2) is 9.84 Å². The number of benzene rings is 1. The lowest BCUT2D eigenvalue weighted by Gasteiger charge is -2.04. The average molecular weight is 268 g/mol. The molecule has 0 amide bonds. The van der Waals surface area contributed by atoms with Crippen LogP contribution < -0.4 is 0 Å². The molecular weight excluding hydrogens is 252 g/mol. The molecule has 0 aliphatic carbocycles. The smallest absolute Gasteiger partial charge is 0.157 e.